The van der Waals surface area contributed by atoms with Crippen LogP contribution in [-0.2, 0) is 6.42 Å². The van der Waals surface area contributed by atoms with Crippen LogP contribution >= 0.6 is 0 Å². The van der Waals surface area contributed by atoms with Gasteiger partial charge in [0.25, 0.3) is 0 Å². The fraction of sp³-hybridized carbons (Fsp3) is 0.0769. The van der Waals surface area contributed by atoms with Crippen molar-refractivity contribution in [2.45, 2.75) is 13.3 Å². The molecule has 0 atom stereocenters. The highest BCUT2D eigenvalue weighted by molar-refractivity contribution is 5.63. The number of hydrogen-bond donors (Lipinski definition) is 2. The lowest BCUT2D eigenvalue weighted by molar-refractivity contribution is 0.483. The first kappa shape index (κ1) is 20.0. The normalized spacial score (nSPS) is 9.97. The van der Waals surface area contributed by atoms with Crippen molar-refractivity contribution in [1.82, 2.24) is 9.97 Å². The van der Waals surface area contributed by atoms with Crippen molar-refractivity contribution in [3.8, 4) is 23.3 Å². The third-order valence-electron chi connectivity index (χ3n) is 4.44. The minimum atomic E-state index is 0.697. The molecule has 0 fully saturated rings. The summed E-state index contributed by atoms with van der Waals surface area (Å²) in [5, 5.41) is 6.62. The van der Waals surface area contributed by atoms with Crippen LogP contribution in [0.15, 0.2) is 91.3 Å². The maximum atomic E-state index is 5.83. The molecule has 0 bridgehead atoms. The summed E-state index contributed by atoms with van der Waals surface area (Å²) in [6, 6.07) is 27.5. The van der Waals surface area contributed by atoms with Crippen LogP contribution < -0.4 is 15.4 Å². The van der Waals surface area contributed by atoms with Crippen molar-refractivity contribution in [2.75, 3.05) is 10.6 Å². The van der Waals surface area contributed by atoms with E-state index >= 15 is 0 Å². The van der Waals surface area contributed by atoms with E-state index in [1.54, 1.807) is 0 Å². The van der Waals surface area contributed by atoms with Gasteiger partial charge in [-0.15, -0.1) is 5.92 Å². The molecule has 4 rings (SSSR count). The number of nitrogens with zero attached hydrogens (tertiary/aromatic N) is 2. The molecule has 0 spiro atoms. The molecular formula is C26H22N4O. The van der Waals surface area contributed by atoms with Crippen molar-refractivity contribution in [1.29, 1.82) is 0 Å². The van der Waals surface area contributed by atoms with E-state index in [1.165, 1.54) is 6.33 Å². The predicted octanol–water partition coefficient (Wildman–Crippen LogP) is 6.32. The fourth-order valence-corrected chi connectivity index (χ4v) is 2.97. The molecule has 3 aromatic carbocycles. The minimum absolute atomic E-state index is 0.697. The first-order chi connectivity index (χ1) is 15.3. The molecule has 0 aliphatic carbocycles. The number of anilines is 4. The zero-order valence-corrected chi connectivity index (χ0v) is 17.2. The second kappa shape index (κ2) is 9.95. The van der Waals surface area contributed by atoms with E-state index < -0.39 is 0 Å². The Morgan fingerprint density at radius 2 is 1.45 bits per heavy atom. The van der Waals surface area contributed by atoms with Crippen LogP contribution in [0.4, 0.5) is 23.0 Å². The van der Waals surface area contributed by atoms with E-state index in [-0.39, 0.29) is 0 Å². The SMILES string of the molecule is CC#CCc1cccc(Nc2cc(Nc3ccc(Oc4ccccc4)cc3)ncn2)c1. The monoisotopic (exact) mass is 406 g/mol. The summed E-state index contributed by atoms with van der Waals surface area (Å²) < 4.78 is 5.83. The van der Waals surface area contributed by atoms with Crippen molar-refractivity contribution in [3.05, 3.63) is 96.8 Å². The lowest BCUT2D eigenvalue weighted by Gasteiger charge is -2.10. The molecule has 5 heteroatoms. The van der Waals surface area contributed by atoms with E-state index in [0.29, 0.717) is 11.6 Å². The lowest BCUT2D eigenvalue weighted by Crippen LogP contribution is -1.99. The van der Waals surface area contributed by atoms with Crippen molar-refractivity contribution >= 4 is 23.0 Å². The molecule has 0 saturated carbocycles. The Kier molecular flexibility index (Phi) is 6.42. The van der Waals surface area contributed by atoms with E-state index in [0.717, 1.165) is 34.9 Å². The van der Waals surface area contributed by atoms with Gasteiger partial charge >= 0.3 is 0 Å². The van der Waals surface area contributed by atoms with Gasteiger partial charge in [-0.25, -0.2) is 9.97 Å². The number of rotatable bonds is 7. The Balaban J connectivity index is 1.41. The quantitative estimate of drug-likeness (QED) is 0.352. The number of hydrogen-bond acceptors (Lipinski definition) is 5. The van der Waals surface area contributed by atoms with Crippen LogP contribution in [0.2, 0.25) is 0 Å². The van der Waals surface area contributed by atoms with Gasteiger partial charge in [-0.3, -0.25) is 0 Å². The molecule has 4 aromatic rings. The first-order valence-corrected chi connectivity index (χ1v) is 9.96. The number of nitrogens with one attached hydrogen (secondary N) is 2. The zero-order valence-electron chi connectivity index (χ0n) is 17.2. The number of aromatic nitrogens is 2. The molecule has 1 aromatic heterocycles. The van der Waals surface area contributed by atoms with E-state index in [1.807, 2.05) is 79.7 Å². The fourth-order valence-electron chi connectivity index (χ4n) is 2.97. The van der Waals surface area contributed by atoms with Crippen molar-refractivity contribution in [2.24, 2.45) is 0 Å². The molecule has 1 heterocycles. The summed E-state index contributed by atoms with van der Waals surface area (Å²) in [6.07, 6.45) is 2.26. The topological polar surface area (TPSA) is 59.1 Å². The molecule has 152 valence electrons. The smallest absolute Gasteiger partial charge is 0.135 e. The summed E-state index contributed by atoms with van der Waals surface area (Å²) >= 11 is 0. The van der Waals surface area contributed by atoms with Crippen molar-refractivity contribution < 1.29 is 4.74 Å². The highest BCUT2D eigenvalue weighted by atomic mass is 16.5. The largest absolute Gasteiger partial charge is 0.457 e. The summed E-state index contributed by atoms with van der Waals surface area (Å²) in [4.78, 5) is 8.63. The van der Waals surface area contributed by atoms with Crippen LogP contribution in [0.1, 0.15) is 12.5 Å². The minimum Gasteiger partial charge on any atom is -0.457 e. The van der Waals surface area contributed by atoms with Crippen LogP contribution in [0.25, 0.3) is 0 Å². The third kappa shape index (κ3) is 5.84. The average molecular weight is 406 g/mol. The van der Waals surface area contributed by atoms with Gasteiger partial charge in [-0.2, -0.15) is 0 Å². The highest BCUT2D eigenvalue weighted by Crippen LogP contribution is 2.25. The Labute approximate surface area is 182 Å². The van der Waals surface area contributed by atoms with Gasteiger partial charge < -0.3 is 15.4 Å². The maximum absolute atomic E-state index is 5.83. The first-order valence-electron chi connectivity index (χ1n) is 9.96. The Morgan fingerprint density at radius 3 is 2.19 bits per heavy atom. The molecule has 0 amide bonds. The molecule has 0 saturated heterocycles. The Morgan fingerprint density at radius 1 is 0.742 bits per heavy atom. The molecule has 0 radical (unpaired) electrons. The molecule has 0 unspecified atom stereocenters. The van der Waals surface area contributed by atoms with Gasteiger partial charge in [0.05, 0.1) is 0 Å². The van der Waals surface area contributed by atoms with Gasteiger partial charge in [-0.05, 0) is 61.0 Å². The molecule has 0 aliphatic rings. The summed E-state index contributed by atoms with van der Waals surface area (Å²) in [6.45, 7) is 1.85. The van der Waals surface area contributed by atoms with Crippen LogP contribution in [0, 0.1) is 11.8 Å². The molecule has 5 nitrogen and oxygen atoms in total. The van der Waals surface area contributed by atoms with E-state index in [9.17, 15) is 0 Å². The predicted molar refractivity (Wildman–Crippen MR) is 125 cm³/mol. The van der Waals surface area contributed by atoms with Crippen LogP contribution in [0.5, 0.6) is 11.5 Å². The molecule has 31 heavy (non-hydrogen) atoms. The van der Waals surface area contributed by atoms with E-state index in [2.05, 4.69) is 44.6 Å². The standard InChI is InChI=1S/C26H22N4O/c1-2-3-8-20-9-7-10-22(17-20)30-26-18-25(27-19-28-26)29-21-13-15-24(16-14-21)31-23-11-5-4-6-12-23/h4-7,9-19H,8H2,1H3,(H2,27,28,29,30). The second-order valence-electron chi connectivity index (χ2n) is 6.78. The summed E-state index contributed by atoms with van der Waals surface area (Å²) in [5.74, 6) is 9.00. The average Bonchev–Trinajstić information content (AvgIpc) is 2.80. The van der Waals surface area contributed by atoms with Gasteiger partial charge in [0.15, 0.2) is 0 Å². The zero-order chi connectivity index (χ0) is 21.3. The molecular weight excluding hydrogens is 384 g/mol. The van der Waals surface area contributed by atoms with Gasteiger partial charge in [0.1, 0.15) is 29.5 Å². The van der Waals surface area contributed by atoms with Gasteiger partial charge in [0, 0.05) is 23.9 Å². The van der Waals surface area contributed by atoms with Gasteiger partial charge in [0.2, 0.25) is 0 Å². The van der Waals surface area contributed by atoms with Crippen LogP contribution in [0.3, 0.4) is 0 Å². The van der Waals surface area contributed by atoms with Gasteiger partial charge in [-0.1, -0.05) is 36.3 Å². The summed E-state index contributed by atoms with van der Waals surface area (Å²) in [5.41, 5.74) is 3.03. The molecule has 0 aliphatic heterocycles. The maximum Gasteiger partial charge on any atom is 0.135 e. The van der Waals surface area contributed by atoms with E-state index in [4.69, 9.17) is 4.74 Å². The number of benzene rings is 3. The number of ether oxygens (including phenoxy) is 1. The third-order valence-corrected chi connectivity index (χ3v) is 4.44. The molecule has 2 N–H and O–H groups in total. The lowest BCUT2D eigenvalue weighted by atomic mass is 10.1. The number of para-hydroxylation sites is 1. The van der Waals surface area contributed by atoms with Crippen LogP contribution in [-0.4, -0.2) is 9.97 Å². The Hall–Kier alpha value is -4.30. The highest BCUT2D eigenvalue weighted by Gasteiger charge is 2.03. The van der Waals surface area contributed by atoms with Crippen molar-refractivity contribution in [3.63, 3.8) is 0 Å². The second-order valence-corrected chi connectivity index (χ2v) is 6.78. The Bertz CT molecular complexity index is 1200. The summed E-state index contributed by atoms with van der Waals surface area (Å²) in [7, 11) is 0.